The van der Waals surface area contributed by atoms with E-state index in [1.54, 1.807) is 36.4 Å². The summed E-state index contributed by atoms with van der Waals surface area (Å²) in [5, 5.41) is 17.4. The van der Waals surface area contributed by atoms with E-state index in [1.807, 2.05) is 0 Å². The Bertz CT molecular complexity index is 1300. The normalized spacial score (nSPS) is 13.5. The average Bonchev–Trinajstić information content (AvgIpc) is 2.76. The van der Waals surface area contributed by atoms with E-state index in [-0.39, 0.29) is 35.8 Å². The van der Waals surface area contributed by atoms with E-state index in [9.17, 15) is 19.2 Å². The number of amides is 2. The summed E-state index contributed by atoms with van der Waals surface area (Å²) >= 11 is 0. The van der Waals surface area contributed by atoms with Crippen LogP contribution >= 0.6 is 0 Å². The Balaban J connectivity index is 1.53. The van der Waals surface area contributed by atoms with Crippen LogP contribution in [0.5, 0.6) is 5.75 Å². The van der Waals surface area contributed by atoms with Gasteiger partial charge in [0.05, 0.1) is 16.6 Å². The number of nitrogens with one attached hydrogen (secondary N) is 4. The maximum atomic E-state index is 12.6. The molecule has 4 rings (SSSR count). The predicted molar refractivity (Wildman–Crippen MR) is 115 cm³/mol. The number of rotatable bonds is 6. The van der Waals surface area contributed by atoms with Crippen LogP contribution in [0.15, 0.2) is 41.2 Å². The molecule has 0 saturated carbocycles. The van der Waals surface area contributed by atoms with Crippen LogP contribution in [0.1, 0.15) is 23.1 Å². The zero-order valence-corrected chi connectivity index (χ0v) is 16.9. The number of hydrogen-bond donors (Lipinski definition) is 5. The molecule has 1 aliphatic heterocycles. The largest absolute Gasteiger partial charge is 0.482 e. The number of fused-ring (bicyclic) bond motifs is 2. The van der Waals surface area contributed by atoms with E-state index in [0.29, 0.717) is 22.7 Å². The maximum absolute atomic E-state index is 12.6. The molecule has 11 heteroatoms. The summed E-state index contributed by atoms with van der Waals surface area (Å²) in [5.41, 5.74) is 1.20. The van der Waals surface area contributed by atoms with Gasteiger partial charge in [0.25, 0.3) is 17.4 Å². The van der Waals surface area contributed by atoms with Crippen LogP contribution in [0.4, 0.5) is 11.4 Å². The highest BCUT2D eigenvalue weighted by atomic mass is 16.5. The fourth-order valence-corrected chi connectivity index (χ4v) is 3.22. The van der Waals surface area contributed by atoms with Gasteiger partial charge in [0.2, 0.25) is 0 Å². The summed E-state index contributed by atoms with van der Waals surface area (Å²) < 4.78 is 5.30. The van der Waals surface area contributed by atoms with Crippen molar-refractivity contribution in [1.82, 2.24) is 15.3 Å². The van der Waals surface area contributed by atoms with E-state index in [0.717, 1.165) is 0 Å². The van der Waals surface area contributed by atoms with E-state index >= 15 is 0 Å². The van der Waals surface area contributed by atoms with Gasteiger partial charge in [0, 0.05) is 12.2 Å². The van der Waals surface area contributed by atoms with Gasteiger partial charge in [-0.05, 0) is 36.8 Å². The Morgan fingerprint density at radius 1 is 1.25 bits per heavy atom. The predicted octanol–water partition coefficient (Wildman–Crippen LogP) is 1.07. The van der Waals surface area contributed by atoms with Crippen LogP contribution in [0, 0.1) is 0 Å². The molecule has 1 aliphatic rings. The van der Waals surface area contributed by atoms with Crippen LogP contribution in [0.25, 0.3) is 10.9 Å². The molecule has 164 valence electrons. The van der Waals surface area contributed by atoms with Crippen molar-refractivity contribution in [2.75, 3.05) is 17.2 Å². The van der Waals surface area contributed by atoms with E-state index < -0.39 is 23.5 Å². The smallest absolute Gasteiger partial charge is 0.325 e. The minimum atomic E-state index is -1.07. The van der Waals surface area contributed by atoms with Crippen molar-refractivity contribution in [2.45, 2.75) is 19.5 Å². The third kappa shape index (κ3) is 4.21. The summed E-state index contributed by atoms with van der Waals surface area (Å²) in [5.74, 6) is -1.57. The standard InChI is InChI=1S/C21H19N5O6/c1-10(21(30)31)23-12-3-2-4-13-17(12)19(28)26-18(25-13)20(29)22-8-11-5-6-15-14(7-11)24-16(27)9-32-15/h2-7,10,23H,8-9H2,1H3,(H,22,29)(H,24,27)(H,30,31)(H,25,26,28). The number of aromatic amines is 1. The van der Waals surface area contributed by atoms with Gasteiger partial charge < -0.3 is 30.8 Å². The Labute approximate surface area is 180 Å². The number of carboxylic acids is 1. The van der Waals surface area contributed by atoms with Crippen molar-refractivity contribution in [3.05, 3.63) is 58.1 Å². The van der Waals surface area contributed by atoms with Crippen LogP contribution in [0.3, 0.4) is 0 Å². The highest BCUT2D eigenvalue weighted by Crippen LogP contribution is 2.28. The second-order valence-corrected chi connectivity index (χ2v) is 7.17. The Kier molecular flexibility index (Phi) is 5.46. The first-order valence-corrected chi connectivity index (χ1v) is 9.68. The monoisotopic (exact) mass is 437 g/mol. The van der Waals surface area contributed by atoms with Crippen molar-refractivity contribution >= 4 is 40.1 Å². The molecule has 0 radical (unpaired) electrons. The molecule has 0 aliphatic carbocycles. The third-order valence-corrected chi connectivity index (χ3v) is 4.82. The van der Waals surface area contributed by atoms with E-state index in [4.69, 9.17) is 9.84 Å². The molecule has 1 aromatic heterocycles. The van der Waals surface area contributed by atoms with Crippen LogP contribution in [-0.4, -0.2) is 45.5 Å². The number of nitrogens with zero attached hydrogens (tertiary/aromatic N) is 1. The highest BCUT2D eigenvalue weighted by Gasteiger charge is 2.18. The topological polar surface area (TPSA) is 163 Å². The zero-order chi connectivity index (χ0) is 22.8. The van der Waals surface area contributed by atoms with Gasteiger partial charge in [-0.3, -0.25) is 19.2 Å². The number of carboxylic acid groups (broad SMARTS) is 1. The Hall–Kier alpha value is -4.41. The molecule has 0 bridgehead atoms. The number of aromatic nitrogens is 2. The molecule has 11 nitrogen and oxygen atoms in total. The van der Waals surface area contributed by atoms with Crippen molar-refractivity contribution < 1.29 is 24.2 Å². The van der Waals surface area contributed by atoms with E-state index in [1.165, 1.54) is 6.92 Å². The molecular formula is C21H19N5O6. The van der Waals surface area contributed by atoms with Crippen LogP contribution in [-0.2, 0) is 16.1 Å². The molecule has 2 amide bonds. The number of aliphatic carboxylic acids is 1. The average molecular weight is 437 g/mol. The summed E-state index contributed by atoms with van der Waals surface area (Å²) in [6.07, 6.45) is 0. The summed E-state index contributed by atoms with van der Waals surface area (Å²) in [7, 11) is 0. The number of hydrogen-bond acceptors (Lipinski definition) is 7. The van der Waals surface area contributed by atoms with Crippen LogP contribution < -0.4 is 26.2 Å². The molecule has 2 heterocycles. The van der Waals surface area contributed by atoms with Gasteiger partial charge >= 0.3 is 5.97 Å². The maximum Gasteiger partial charge on any atom is 0.325 e. The zero-order valence-electron chi connectivity index (χ0n) is 16.9. The lowest BCUT2D eigenvalue weighted by molar-refractivity contribution is -0.137. The number of ether oxygens (including phenoxy) is 1. The first-order valence-electron chi connectivity index (χ1n) is 9.68. The van der Waals surface area contributed by atoms with Gasteiger partial charge in [-0.1, -0.05) is 12.1 Å². The first-order chi connectivity index (χ1) is 15.3. The fourth-order valence-electron chi connectivity index (χ4n) is 3.22. The highest BCUT2D eigenvalue weighted by molar-refractivity contribution is 5.97. The molecule has 1 unspecified atom stereocenters. The summed E-state index contributed by atoms with van der Waals surface area (Å²) in [6.45, 7) is 1.53. The molecule has 0 spiro atoms. The van der Waals surface area contributed by atoms with Crippen molar-refractivity contribution in [1.29, 1.82) is 0 Å². The molecular weight excluding hydrogens is 418 g/mol. The molecule has 3 aromatic rings. The lowest BCUT2D eigenvalue weighted by atomic mass is 10.1. The molecule has 32 heavy (non-hydrogen) atoms. The molecule has 1 atom stereocenters. The summed E-state index contributed by atoms with van der Waals surface area (Å²) in [4.78, 5) is 54.4. The second-order valence-electron chi connectivity index (χ2n) is 7.17. The van der Waals surface area contributed by atoms with Crippen molar-refractivity contribution in [3.63, 3.8) is 0 Å². The minimum Gasteiger partial charge on any atom is -0.482 e. The summed E-state index contributed by atoms with van der Waals surface area (Å²) in [6, 6.07) is 8.94. The number of carbonyl (C=O) groups excluding carboxylic acids is 2. The van der Waals surface area contributed by atoms with Gasteiger partial charge in [-0.15, -0.1) is 0 Å². The quantitative estimate of drug-likeness (QED) is 0.382. The minimum absolute atomic E-state index is 0.0451. The number of carbonyl (C=O) groups is 3. The fraction of sp³-hybridized carbons (Fsp3) is 0.190. The molecule has 2 aromatic carbocycles. The SMILES string of the molecule is CC(Nc1cccc2nc(C(=O)NCc3ccc4c(c3)NC(=O)CO4)[nH]c(=O)c12)C(=O)O. The second kappa shape index (κ2) is 8.38. The lowest BCUT2D eigenvalue weighted by Gasteiger charge is -2.18. The van der Waals surface area contributed by atoms with Crippen molar-refractivity contribution in [3.8, 4) is 5.75 Å². The Morgan fingerprint density at radius 2 is 2.06 bits per heavy atom. The van der Waals surface area contributed by atoms with Gasteiger partial charge in [-0.2, -0.15) is 0 Å². The number of H-pyrrole nitrogens is 1. The van der Waals surface area contributed by atoms with E-state index in [2.05, 4.69) is 25.9 Å². The third-order valence-electron chi connectivity index (χ3n) is 4.82. The lowest BCUT2D eigenvalue weighted by Crippen LogP contribution is -2.29. The van der Waals surface area contributed by atoms with Crippen molar-refractivity contribution in [2.24, 2.45) is 0 Å². The Morgan fingerprint density at radius 3 is 2.84 bits per heavy atom. The molecule has 0 saturated heterocycles. The van der Waals surface area contributed by atoms with Gasteiger partial charge in [0.1, 0.15) is 11.8 Å². The molecule has 0 fully saturated rings. The molecule has 5 N–H and O–H groups in total. The van der Waals surface area contributed by atoms with Gasteiger partial charge in [-0.25, -0.2) is 4.98 Å². The van der Waals surface area contributed by atoms with Gasteiger partial charge in [0.15, 0.2) is 12.4 Å². The van der Waals surface area contributed by atoms with Crippen LogP contribution in [0.2, 0.25) is 0 Å². The first kappa shape index (κ1) is 20.8. The number of benzene rings is 2. The number of anilines is 2.